The van der Waals surface area contributed by atoms with Gasteiger partial charge in [-0.25, -0.2) is 0 Å². The van der Waals surface area contributed by atoms with Gasteiger partial charge in [0.05, 0.1) is 0 Å². The molecule has 208 valence electrons. The van der Waals surface area contributed by atoms with Crippen LogP contribution < -0.4 is 0 Å². The summed E-state index contributed by atoms with van der Waals surface area (Å²) in [6, 6.07) is 0. The monoisotopic (exact) mass is 628 g/mol. The first-order valence-electron chi connectivity index (χ1n) is 15.0. The molecule has 0 heterocycles. The number of hydrogen-bond acceptors (Lipinski definition) is 2. The summed E-state index contributed by atoms with van der Waals surface area (Å²) in [5.41, 5.74) is 0. The minimum atomic E-state index is -2.34. The van der Waals surface area contributed by atoms with Crippen molar-refractivity contribution in [2.24, 2.45) is 0 Å². The Morgan fingerprint density at radius 3 is 1.86 bits per heavy atom. The van der Waals surface area contributed by atoms with E-state index in [1.807, 2.05) is 18.2 Å². The number of ether oxygens (including phenoxy) is 1. The van der Waals surface area contributed by atoms with Crippen molar-refractivity contribution in [3.05, 3.63) is 46.6 Å². The van der Waals surface area contributed by atoms with Gasteiger partial charge in [-0.15, -0.1) is 11.6 Å². The zero-order valence-electron chi connectivity index (χ0n) is 24.0. The maximum atomic E-state index is 12.0. The fourth-order valence-corrected chi connectivity index (χ4v) is 20.9. The molecule has 0 amide bonds. The molecule has 0 rings (SSSR count). The van der Waals surface area contributed by atoms with E-state index in [2.05, 4.69) is 39.5 Å². The van der Waals surface area contributed by atoms with Crippen LogP contribution in [0.5, 0.6) is 0 Å². The number of allylic oxidation sites excluding steroid dienone is 6. The van der Waals surface area contributed by atoms with Crippen molar-refractivity contribution >= 4 is 35.9 Å². The molecule has 0 radical (unpaired) electrons. The molecule has 0 saturated carbocycles. The third-order valence-corrected chi connectivity index (χ3v) is 23.5. The summed E-state index contributed by atoms with van der Waals surface area (Å²) in [5, 5.41) is 0. The van der Waals surface area contributed by atoms with Gasteiger partial charge in [0.25, 0.3) is 0 Å². The fourth-order valence-electron chi connectivity index (χ4n) is 4.77. The van der Waals surface area contributed by atoms with E-state index in [9.17, 15) is 4.79 Å². The predicted octanol–water partition coefficient (Wildman–Crippen LogP) is 10.9. The van der Waals surface area contributed by atoms with Crippen LogP contribution in [0.4, 0.5) is 0 Å². The van der Waals surface area contributed by atoms with Gasteiger partial charge in [0.2, 0.25) is 0 Å². The van der Waals surface area contributed by atoms with Gasteiger partial charge in [-0.05, 0) is 12.8 Å². The molecule has 4 heteroatoms. The second kappa shape index (κ2) is 26.1. The molecule has 0 aromatic rings. The molecule has 0 bridgehead atoms. The summed E-state index contributed by atoms with van der Waals surface area (Å²) < 4.78 is 11.5. The average molecular weight is 628 g/mol. The summed E-state index contributed by atoms with van der Waals surface area (Å²) in [6.07, 6.45) is 30.1. The Morgan fingerprint density at radius 1 is 0.750 bits per heavy atom. The Morgan fingerprint density at radius 2 is 1.31 bits per heavy atom. The summed E-state index contributed by atoms with van der Waals surface area (Å²) >= 11 is 3.27. The molecule has 0 aliphatic heterocycles. The normalized spacial score (nSPS) is 12.3. The fraction of sp³-hybridized carbons (Fsp3) is 0.719. The Balaban J connectivity index is 4.17. The maximum absolute atomic E-state index is 12.0. The molecule has 0 aromatic carbocycles. The summed E-state index contributed by atoms with van der Waals surface area (Å²) in [5.74, 6) is 0.389. The van der Waals surface area contributed by atoms with Crippen molar-refractivity contribution < 1.29 is 9.53 Å². The number of alkyl halides is 1. The predicted molar refractivity (Wildman–Crippen MR) is 165 cm³/mol. The molecule has 0 atom stereocenters. The van der Waals surface area contributed by atoms with Gasteiger partial charge in [0, 0.05) is 5.88 Å². The zero-order valence-corrected chi connectivity index (χ0v) is 27.6. The molecule has 0 aromatic heterocycles. The molecule has 0 fully saturated rings. The molecule has 0 saturated heterocycles. The van der Waals surface area contributed by atoms with Crippen molar-refractivity contribution in [3.8, 4) is 0 Å². The SMILES string of the molecule is C=[C](CCCOC(=O)/C=C/C=C/CCCCCCC/C=C/CCl)[Sn]([CH2]CCC)([CH2]CCC)[CH2]CCC. The molecule has 0 spiro atoms. The Bertz CT molecular complexity index is 602. The van der Waals surface area contributed by atoms with Crippen LogP contribution in [0, 0.1) is 0 Å². The number of hydrogen-bond donors (Lipinski definition) is 0. The Kier molecular flexibility index (Phi) is 25.8. The van der Waals surface area contributed by atoms with Crippen molar-refractivity contribution in [2.45, 2.75) is 130 Å². The van der Waals surface area contributed by atoms with Gasteiger partial charge in [0.15, 0.2) is 0 Å². The molecule has 0 N–H and O–H groups in total. The van der Waals surface area contributed by atoms with Crippen LogP contribution in [0.1, 0.15) is 117 Å². The van der Waals surface area contributed by atoms with E-state index >= 15 is 0 Å². The van der Waals surface area contributed by atoms with Crippen LogP contribution in [0.2, 0.25) is 13.3 Å². The van der Waals surface area contributed by atoms with Gasteiger partial charge in [-0.3, -0.25) is 0 Å². The third-order valence-electron chi connectivity index (χ3n) is 7.12. The van der Waals surface area contributed by atoms with Crippen LogP contribution in [-0.2, 0) is 9.53 Å². The van der Waals surface area contributed by atoms with Crippen LogP contribution >= 0.6 is 11.6 Å². The molecular formula is C32H57ClO2Sn. The first-order chi connectivity index (χ1) is 17.6. The van der Waals surface area contributed by atoms with Crippen molar-refractivity contribution in [3.63, 3.8) is 0 Å². The minimum absolute atomic E-state index is 0.230. The molecule has 2 nitrogen and oxygen atoms in total. The average Bonchev–Trinajstić information content (AvgIpc) is 2.89. The third kappa shape index (κ3) is 19.6. The quantitative estimate of drug-likeness (QED) is 0.0191. The number of esters is 1. The van der Waals surface area contributed by atoms with E-state index in [1.165, 1.54) is 83.9 Å². The van der Waals surface area contributed by atoms with Crippen LogP contribution in [0.25, 0.3) is 0 Å². The second-order valence-corrected chi connectivity index (χ2v) is 24.1. The van der Waals surface area contributed by atoms with E-state index in [-0.39, 0.29) is 5.97 Å². The van der Waals surface area contributed by atoms with E-state index in [1.54, 1.807) is 9.67 Å². The molecule has 36 heavy (non-hydrogen) atoms. The standard InChI is InChI=1S/C20H30ClO2.3C4H9.Sn/c1-2-3-16-19-23-20(22)17-14-12-10-8-6-4-5-7-9-11-13-15-18-21;3*1-3-4-2;/h10,12-15,17H,1,3-9,11,16,18-19H2;3*1,3-4H2,2H3;/b12-10+,15-13+,17-14+;;;;. The molecular weight excluding hydrogens is 571 g/mol. The van der Waals surface area contributed by atoms with E-state index < -0.39 is 18.4 Å². The number of halogens is 1. The second-order valence-electron chi connectivity index (χ2n) is 10.2. The van der Waals surface area contributed by atoms with Crippen LogP contribution in [-0.4, -0.2) is 36.8 Å². The topological polar surface area (TPSA) is 26.3 Å². The van der Waals surface area contributed by atoms with Gasteiger partial charge in [-0.1, -0.05) is 31.4 Å². The number of carbonyl (C=O) groups excluding carboxylic acids is 1. The van der Waals surface area contributed by atoms with Crippen molar-refractivity contribution in [2.75, 3.05) is 12.5 Å². The van der Waals surface area contributed by atoms with E-state index in [0.717, 1.165) is 25.7 Å². The first-order valence-corrected chi connectivity index (χ1v) is 23.0. The summed E-state index contributed by atoms with van der Waals surface area (Å²) in [7, 11) is 0. The molecule has 0 unspecified atom stereocenters. The Hall–Kier alpha value is -0.481. The van der Waals surface area contributed by atoms with Crippen LogP contribution in [0.15, 0.2) is 46.6 Å². The molecule has 0 aliphatic rings. The van der Waals surface area contributed by atoms with Crippen molar-refractivity contribution in [1.82, 2.24) is 0 Å². The van der Waals surface area contributed by atoms with Gasteiger partial charge in [-0.2, -0.15) is 0 Å². The number of unbranched alkanes of at least 4 members (excludes halogenated alkanes) is 9. The van der Waals surface area contributed by atoms with Crippen molar-refractivity contribution in [1.29, 1.82) is 0 Å². The van der Waals surface area contributed by atoms with E-state index in [0.29, 0.717) is 12.5 Å². The van der Waals surface area contributed by atoms with Crippen LogP contribution in [0.3, 0.4) is 0 Å². The molecule has 0 aliphatic carbocycles. The first kappa shape index (κ1) is 35.5. The van der Waals surface area contributed by atoms with E-state index in [4.69, 9.17) is 16.3 Å². The van der Waals surface area contributed by atoms with Gasteiger partial charge < -0.3 is 0 Å². The van der Waals surface area contributed by atoms with Gasteiger partial charge >= 0.3 is 173 Å². The number of rotatable bonds is 25. The summed E-state index contributed by atoms with van der Waals surface area (Å²) in [6.45, 7) is 12.1. The summed E-state index contributed by atoms with van der Waals surface area (Å²) in [4.78, 5) is 12.0. The van der Waals surface area contributed by atoms with Gasteiger partial charge in [0.1, 0.15) is 0 Å². The zero-order chi connectivity index (χ0) is 26.7. The number of carbonyl (C=O) groups is 1. The Labute approximate surface area is 233 Å².